The molecule has 1 aliphatic rings. The van der Waals surface area contributed by atoms with Gasteiger partial charge in [0.2, 0.25) is 0 Å². The average molecular weight is 330 g/mol. The molecule has 1 aliphatic carbocycles. The van der Waals surface area contributed by atoms with E-state index in [4.69, 9.17) is 4.98 Å². The van der Waals surface area contributed by atoms with E-state index in [1.54, 1.807) is 0 Å². The maximum atomic E-state index is 4.87. The molecule has 0 spiro atoms. The minimum absolute atomic E-state index is 1.03. The Labute approximate surface area is 150 Å². The largest absolute Gasteiger partial charge is 0.342 e. The van der Waals surface area contributed by atoms with E-state index in [1.807, 2.05) is 0 Å². The van der Waals surface area contributed by atoms with Gasteiger partial charge < -0.3 is 4.98 Å². The number of allylic oxidation sites excluding steroid dienone is 2. The maximum absolute atomic E-state index is 4.87. The van der Waals surface area contributed by atoms with Gasteiger partial charge in [-0.05, 0) is 54.9 Å². The molecule has 0 bridgehead atoms. The summed E-state index contributed by atoms with van der Waals surface area (Å²) in [5.41, 5.74) is 7.60. The Morgan fingerprint density at radius 2 is 1.84 bits per heavy atom. The Balaban J connectivity index is 1.66. The molecule has 1 N–H and O–H groups in total. The first-order valence-electron chi connectivity index (χ1n) is 9.62. The van der Waals surface area contributed by atoms with Crippen LogP contribution in [0.2, 0.25) is 0 Å². The van der Waals surface area contributed by atoms with Crippen LogP contribution in [0.1, 0.15) is 56.8 Å². The maximum Gasteiger partial charge on any atom is 0.107 e. The summed E-state index contributed by atoms with van der Waals surface area (Å²) >= 11 is 0. The van der Waals surface area contributed by atoms with Gasteiger partial charge in [-0.2, -0.15) is 0 Å². The van der Waals surface area contributed by atoms with Crippen molar-refractivity contribution in [2.75, 3.05) is 0 Å². The quantitative estimate of drug-likeness (QED) is 0.566. The van der Waals surface area contributed by atoms with Crippen LogP contribution in [-0.4, -0.2) is 9.97 Å². The van der Waals surface area contributed by atoms with Gasteiger partial charge in [0.1, 0.15) is 5.82 Å². The lowest BCUT2D eigenvalue weighted by Crippen LogP contribution is -1.91. The Kier molecular flexibility index (Phi) is 4.69. The highest BCUT2D eigenvalue weighted by atomic mass is 14.9. The lowest BCUT2D eigenvalue weighted by Gasteiger charge is -2.13. The van der Waals surface area contributed by atoms with Gasteiger partial charge in [-0.15, -0.1) is 0 Å². The first-order chi connectivity index (χ1) is 12.3. The highest BCUT2D eigenvalue weighted by molar-refractivity contribution is 5.92. The molecule has 0 fully saturated rings. The number of fused-ring (bicyclic) bond motifs is 1. The van der Waals surface area contributed by atoms with E-state index < -0.39 is 0 Å². The summed E-state index contributed by atoms with van der Waals surface area (Å²) in [6, 6.07) is 15.5. The molecule has 25 heavy (non-hydrogen) atoms. The molecule has 128 valence electrons. The number of unbranched alkanes of at least 4 members (excludes halogenated alkanes) is 1. The molecule has 0 amide bonds. The topological polar surface area (TPSA) is 28.7 Å². The summed E-state index contributed by atoms with van der Waals surface area (Å²) in [5.74, 6) is 1.10. The molecule has 3 aromatic rings. The van der Waals surface area contributed by atoms with E-state index in [-0.39, 0.29) is 0 Å². The van der Waals surface area contributed by atoms with Crippen LogP contribution in [0.3, 0.4) is 0 Å². The van der Waals surface area contributed by atoms with Crippen molar-refractivity contribution >= 4 is 16.6 Å². The SMILES string of the molecule is CCCCc1nc2c(-c3ccc(C4=CCCCC4)cc3)cccc2[nH]1. The number of benzene rings is 2. The van der Waals surface area contributed by atoms with Crippen molar-refractivity contribution in [3.8, 4) is 11.1 Å². The van der Waals surface area contributed by atoms with Crippen molar-refractivity contribution in [2.24, 2.45) is 0 Å². The number of hydrogen-bond acceptors (Lipinski definition) is 1. The third kappa shape index (κ3) is 3.39. The van der Waals surface area contributed by atoms with E-state index in [2.05, 4.69) is 60.4 Å². The number of para-hydroxylation sites is 1. The van der Waals surface area contributed by atoms with Crippen LogP contribution in [0.4, 0.5) is 0 Å². The number of imidazole rings is 1. The van der Waals surface area contributed by atoms with E-state index in [9.17, 15) is 0 Å². The molecule has 0 saturated carbocycles. The molecular formula is C23H26N2. The van der Waals surface area contributed by atoms with Crippen LogP contribution in [0.5, 0.6) is 0 Å². The number of aromatic amines is 1. The second-order valence-electron chi connectivity index (χ2n) is 7.04. The minimum Gasteiger partial charge on any atom is -0.342 e. The summed E-state index contributed by atoms with van der Waals surface area (Å²) in [4.78, 5) is 8.36. The van der Waals surface area contributed by atoms with Gasteiger partial charge in [0.25, 0.3) is 0 Å². The fraction of sp³-hybridized carbons (Fsp3) is 0.348. The van der Waals surface area contributed by atoms with Gasteiger partial charge in [-0.1, -0.05) is 55.8 Å². The lowest BCUT2D eigenvalue weighted by atomic mass is 9.92. The standard InChI is InChI=1S/C23H26N2/c1-2-3-12-22-24-21-11-7-10-20(23(21)25-22)19-15-13-18(14-16-19)17-8-5-4-6-9-17/h7-8,10-11,13-16H,2-6,9,12H2,1H3,(H,24,25). The lowest BCUT2D eigenvalue weighted by molar-refractivity contribution is 0.742. The molecule has 0 radical (unpaired) electrons. The van der Waals surface area contributed by atoms with Gasteiger partial charge in [0.15, 0.2) is 0 Å². The highest BCUT2D eigenvalue weighted by Gasteiger charge is 2.10. The predicted molar refractivity (Wildman–Crippen MR) is 107 cm³/mol. The van der Waals surface area contributed by atoms with Crippen LogP contribution in [-0.2, 0) is 6.42 Å². The fourth-order valence-corrected chi connectivity index (χ4v) is 3.74. The molecule has 0 saturated heterocycles. The summed E-state index contributed by atoms with van der Waals surface area (Å²) in [6.07, 6.45) is 10.9. The number of aromatic nitrogens is 2. The summed E-state index contributed by atoms with van der Waals surface area (Å²) < 4.78 is 0. The normalized spacial score (nSPS) is 14.7. The zero-order valence-electron chi connectivity index (χ0n) is 15.0. The molecule has 4 rings (SSSR count). The Morgan fingerprint density at radius 1 is 1.00 bits per heavy atom. The third-order valence-corrected chi connectivity index (χ3v) is 5.19. The third-order valence-electron chi connectivity index (χ3n) is 5.19. The van der Waals surface area contributed by atoms with E-state index >= 15 is 0 Å². The highest BCUT2D eigenvalue weighted by Crippen LogP contribution is 2.31. The van der Waals surface area contributed by atoms with Gasteiger partial charge in [-0.3, -0.25) is 0 Å². The van der Waals surface area contributed by atoms with Crippen molar-refractivity contribution < 1.29 is 0 Å². The van der Waals surface area contributed by atoms with Crippen LogP contribution >= 0.6 is 0 Å². The number of nitrogens with one attached hydrogen (secondary N) is 1. The monoisotopic (exact) mass is 330 g/mol. The molecule has 1 heterocycles. The van der Waals surface area contributed by atoms with Crippen LogP contribution in [0.15, 0.2) is 48.5 Å². The number of nitrogens with zero attached hydrogens (tertiary/aromatic N) is 1. The smallest absolute Gasteiger partial charge is 0.107 e. The van der Waals surface area contributed by atoms with Gasteiger partial charge >= 0.3 is 0 Å². The first-order valence-corrected chi connectivity index (χ1v) is 9.62. The zero-order chi connectivity index (χ0) is 17.1. The van der Waals surface area contributed by atoms with E-state index in [0.29, 0.717) is 0 Å². The molecule has 0 unspecified atom stereocenters. The predicted octanol–water partition coefficient (Wildman–Crippen LogP) is 6.53. The Morgan fingerprint density at radius 3 is 2.60 bits per heavy atom. The molecule has 0 aliphatic heterocycles. The summed E-state index contributed by atoms with van der Waals surface area (Å²) in [7, 11) is 0. The fourth-order valence-electron chi connectivity index (χ4n) is 3.74. The van der Waals surface area contributed by atoms with Gasteiger partial charge in [-0.25, -0.2) is 4.98 Å². The summed E-state index contributed by atoms with van der Waals surface area (Å²) in [6.45, 7) is 2.22. The van der Waals surface area contributed by atoms with Crippen molar-refractivity contribution in [3.63, 3.8) is 0 Å². The molecule has 1 aromatic heterocycles. The summed E-state index contributed by atoms with van der Waals surface area (Å²) in [5, 5.41) is 0. The minimum atomic E-state index is 1.03. The van der Waals surface area contributed by atoms with Crippen molar-refractivity contribution in [1.82, 2.24) is 9.97 Å². The first kappa shape index (κ1) is 16.1. The van der Waals surface area contributed by atoms with Crippen molar-refractivity contribution in [3.05, 3.63) is 59.9 Å². The molecular weight excluding hydrogens is 304 g/mol. The second kappa shape index (κ2) is 7.26. The van der Waals surface area contributed by atoms with E-state index in [0.717, 1.165) is 23.3 Å². The second-order valence-corrected chi connectivity index (χ2v) is 7.04. The van der Waals surface area contributed by atoms with Crippen molar-refractivity contribution in [2.45, 2.75) is 51.9 Å². The van der Waals surface area contributed by atoms with Crippen molar-refractivity contribution in [1.29, 1.82) is 0 Å². The van der Waals surface area contributed by atoms with Crippen LogP contribution in [0.25, 0.3) is 27.7 Å². The Bertz CT molecular complexity index is 884. The zero-order valence-corrected chi connectivity index (χ0v) is 15.0. The molecule has 2 nitrogen and oxygen atoms in total. The molecule has 0 atom stereocenters. The average Bonchev–Trinajstić information content (AvgIpc) is 3.10. The Hall–Kier alpha value is -2.35. The number of rotatable bonds is 5. The van der Waals surface area contributed by atoms with Crippen LogP contribution < -0.4 is 0 Å². The van der Waals surface area contributed by atoms with Gasteiger partial charge in [0.05, 0.1) is 11.0 Å². The van der Waals surface area contributed by atoms with Crippen LogP contribution in [0, 0.1) is 0 Å². The number of aryl methyl sites for hydroxylation is 1. The van der Waals surface area contributed by atoms with E-state index in [1.165, 1.54) is 60.8 Å². The number of H-pyrrole nitrogens is 1. The van der Waals surface area contributed by atoms with Gasteiger partial charge in [0, 0.05) is 12.0 Å². The number of hydrogen-bond donors (Lipinski definition) is 1. The molecule has 2 heteroatoms. The molecule has 2 aromatic carbocycles.